The number of carbonyl (C=O) groups excluding carboxylic acids is 1. The summed E-state index contributed by atoms with van der Waals surface area (Å²) < 4.78 is 27.5. The number of carbonyl (C=O) groups is 1. The number of unbranched alkanes of at least 4 members (excludes halogenated alkanes) is 2. The van der Waals surface area contributed by atoms with Gasteiger partial charge in [-0.2, -0.15) is 0 Å². The van der Waals surface area contributed by atoms with Gasteiger partial charge in [0.25, 0.3) is 0 Å². The van der Waals surface area contributed by atoms with Gasteiger partial charge < -0.3 is 18.6 Å². The summed E-state index contributed by atoms with van der Waals surface area (Å²) in [5.41, 5.74) is 1.08. The Labute approximate surface area is 223 Å². The first kappa shape index (κ1) is 31.8. The molecule has 0 unspecified atom stereocenters. The first-order valence-corrected chi connectivity index (χ1v) is 17.0. The third-order valence-corrected chi connectivity index (χ3v) is 13.0. The zero-order valence-corrected chi connectivity index (χ0v) is 26.0. The maximum absolute atomic E-state index is 12.5. The Kier molecular flexibility index (Phi) is 14.8. The molecule has 1 aliphatic rings. The summed E-state index contributed by atoms with van der Waals surface area (Å²) >= 11 is 2.33. The Balaban J connectivity index is 3.60. The number of rotatable bonds is 14. The van der Waals surface area contributed by atoms with Gasteiger partial charge in [0.1, 0.15) is 12.4 Å². The van der Waals surface area contributed by atoms with Crippen molar-refractivity contribution in [2.75, 3.05) is 13.4 Å². The average molecular weight is 609 g/mol. The molecule has 34 heavy (non-hydrogen) atoms. The van der Waals surface area contributed by atoms with Crippen LogP contribution < -0.4 is 0 Å². The van der Waals surface area contributed by atoms with Crippen LogP contribution in [0.25, 0.3) is 0 Å². The van der Waals surface area contributed by atoms with Gasteiger partial charge >= 0.3 is 5.97 Å². The molecule has 0 N–H and O–H groups in total. The van der Waals surface area contributed by atoms with Gasteiger partial charge in [-0.15, -0.1) is 0 Å². The van der Waals surface area contributed by atoms with Gasteiger partial charge in [-0.05, 0) is 68.8 Å². The molecule has 1 saturated heterocycles. The molecule has 5 nitrogen and oxygen atoms in total. The Morgan fingerprint density at radius 1 is 1.12 bits per heavy atom. The first-order valence-electron chi connectivity index (χ1n) is 13.2. The van der Waals surface area contributed by atoms with Gasteiger partial charge in [0.05, 0.1) is 18.8 Å². The van der Waals surface area contributed by atoms with Gasteiger partial charge in [0.2, 0.25) is 0 Å². The minimum atomic E-state index is -1.98. The topological polar surface area (TPSA) is 54.0 Å². The van der Waals surface area contributed by atoms with Crippen LogP contribution in [-0.4, -0.2) is 45.5 Å². The normalized spacial score (nSPS) is 26.9. The average Bonchev–Trinajstić information content (AvgIpc) is 2.94. The Morgan fingerprint density at radius 2 is 1.76 bits per heavy atom. The third-order valence-electron chi connectivity index (χ3n) is 7.33. The fourth-order valence-electron chi connectivity index (χ4n) is 4.95. The molecule has 1 rings (SSSR count). The maximum Gasteiger partial charge on any atom is 0.333 e. The minimum absolute atomic E-state index is 0.0539. The third kappa shape index (κ3) is 9.02. The number of esters is 1. The number of hydrogen-bond acceptors (Lipinski definition) is 5. The van der Waals surface area contributed by atoms with Crippen LogP contribution in [0.5, 0.6) is 0 Å². The van der Waals surface area contributed by atoms with Gasteiger partial charge in [0, 0.05) is 11.5 Å². The van der Waals surface area contributed by atoms with E-state index in [-0.39, 0.29) is 30.9 Å². The molecule has 0 aromatic heterocycles. The molecular weight excluding hydrogens is 559 g/mol. The Bertz CT molecular complexity index is 668. The number of halogens is 1. The smallest absolute Gasteiger partial charge is 0.333 e. The molecule has 0 aliphatic carbocycles. The van der Waals surface area contributed by atoms with E-state index in [0.717, 1.165) is 37.4 Å². The lowest BCUT2D eigenvalue weighted by molar-refractivity contribution is -0.140. The van der Waals surface area contributed by atoms with Crippen LogP contribution in [0.15, 0.2) is 21.3 Å². The van der Waals surface area contributed by atoms with E-state index < -0.39 is 13.9 Å². The number of ether oxygens (including phenoxy) is 3. The predicted octanol–water partition coefficient (Wildman–Crippen LogP) is 7.94. The van der Waals surface area contributed by atoms with Crippen molar-refractivity contribution in [3.8, 4) is 0 Å². The highest BCUT2D eigenvalue weighted by Gasteiger charge is 2.49. The fourth-order valence-corrected chi connectivity index (χ4v) is 8.15. The van der Waals surface area contributed by atoms with E-state index in [1.807, 2.05) is 19.9 Å². The Morgan fingerprint density at radius 3 is 2.29 bits per heavy atom. The summed E-state index contributed by atoms with van der Waals surface area (Å²) in [5.74, 6) is -0.168. The van der Waals surface area contributed by atoms with Crippen molar-refractivity contribution < 1.29 is 23.4 Å². The van der Waals surface area contributed by atoms with Crippen molar-refractivity contribution in [3.63, 3.8) is 0 Å². The minimum Gasteiger partial charge on any atom is -0.463 e. The van der Waals surface area contributed by atoms with Crippen molar-refractivity contribution in [1.29, 1.82) is 0 Å². The van der Waals surface area contributed by atoms with Crippen molar-refractivity contribution in [3.05, 3.63) is 21.3 Å². The molecule has 7 heteroatoms. The maximum atomic E-state index is 12.5. The quantitative estimate of drug-likeness (QED) is 0.0659. The fraction of sp³-hybridized carbons (Fsp3) is 0.815. The van der Waals surface area contributed by atoms with Crippen LogP contribution >= 0.6 is 22.6 Å². The van der Waals surface area contributed by atoms with Crippen LogP contribution in [-0.2, 0) is 23.4 Å². The molecule has 1 aliphatic heterocycles. The molecule has 0 bridgehead atoms. The zero-order chi connectivity index (χ0) is 25.8. The predicted molar refractivity (Wildman–Crippen MR) is 152 cm³/mol. The summed E-state index contributed by atoms with van der Waals surface area (Å²) in [5, 5.41) is 0. The van der Waals surface area contributed by atoms with E-state index in [0.29, 0.717) is 12.2 Å². The van der Waals surface area contributed by atoms with Crippen molar-refractivity contribution in [2.45, 2.75) is 123 Å². The lowest BCUT2D eigenvalue weighted by atomic mass is 9.79. The molecule has 0 amide bonds. The molecule has 4 atom stereocenters. The largest absolute Gasteiger partial charge is 0.463 e. The van der Waals surface area contributed by atoms with Crippen molar-refractivity contribution in [2.24, 2.45) is 5.92 Å². The summed E-state index contributed by atoms with van der Waals surface area (Å²) in [6, 6.07) is 3.17. The monoisotopic (exact) mass is 608 g/mol. The number of allylic oxidation sites excluding steroid dienone is 1. The van der Waals surface area contributed by atoms with Crippen molar-refractivity contribution >= 4 is 36.9 Å². The highest BCUT2D eigenvalue weighted by molar-refractivity contribution is 14.1. The molecule has 1 fully saturated rings. The van der Waals surface area contributed by atoms with E-state index in [4.69, 9.17) is 18.6 Å². The standard InChI is InChI=1S/C27H49IO5Si/c1-9-14-15-16-24-23(17-21(6)19-28)25(33-34(11-3,12-4)13-5)27(8,32-20-31-24)18-22(7)26(29)30-10-2/h18-19,23-25H,9-17,20H2,1-8H3/b21-19+,22-18-/t23-,24+,25+,27+/m1/s1. The van der Waals surface area contributed by atoms with Crippen LogP contribution in [0.1, 0.15) is 87.5 Å². The summed E-state index contributed by atoms with van der Waals surface area (Å²) in [6.45, 7) is 17.4. The van der Waals surface area contributed by atoms with Gasteiger partial charge in [-0.1, -0.05) is 75.1 Å². The SMILES string of the molecule is CCCCC[C@@H]1OCO[C@@](C)(/C=C(/C)C(=O)OCC)[C@@H](O[Si](CC)(CC)CC)[C@@H]1C/C(C)=C/I. The highest BCUT2D eigenvalue weighted by Crippen LogP contribution is 2.41. The van der Waals surface area contributed by atoms with Gasteiger partial charge in [0.15, 0.2) is 8.32 Å². The van der Waals surface area contributed by atoms with Crippen LogP contribution in [0.3, 0.4) is 0 Å². The molecule has 0 radical (unpaired) electrons. The summed E-state index contributed by atoms with van der Waals surface area (Å²) in [6.07, 6.45) is 7.16. The van der Waals surface area contributed by atoms with E-state index >= 15 is 0 Å². The van der Waals surface area contributed by atoms with Crippen LogP contribution in [0.2, 0.25) is 18.1 Å². The number of hydrogen-bond donors (Lipinski definition) is 0. The van der Waals surface area contributed by atoms with E-state index in [9.17, 15) is 4.79 Å². The Hall–Kier alpha value is -0.223. The molecular formula is C27H49IO5Si. The van der Waals surface area contributed by atoms with Gasteiger partial charge in [-0.25, -0.2) is 4.79 Å². The molecule has 0 aromatic rings. The lowest BCUT2D eigenvalue weighted by Crippen LogP contribution is -2.54. The van der Waals surface area contributed by atoms with Crippen LogP contribution in [0.4, 0.5) is 0 Å². The van der Waals surface area contributed by atoms with Crippen LogP contribution in [0, 0.1) is 5.92 Å². The zero-order valence-electron chi connectivity index (χ0n) is 22.9. The molecule has 198 valence electrons. The summed E-state index contributed by atoms with van der Waals surface area (Å²) in [7, 11) is -1.98. The second-order valence-corrected chi connectivity index (χ2v) is 15.1. The van der Waals surface area contributed by atoms with Gasteiger partial charge in [-0.3, -0.25) is 0 Å². The molecule has 0 saturated carbocycles. The highest BCUT2D eigenvalue weighted by atomic mass is 127. The summed E-state index contributed by atoms with van der Waals surface area (Å²) in [4.78, 5) is 12.5. The van der Waals surface area contributed by atoms with E-state index in [1.54, 1.807) is 0 Å². The van der Waals surface area contributed by atoms with E-state index in [1.165, 1.54) is 18.4 Å². The molecule has 0 aromatic carbocycles. The molecule has 0 spiro atoms. The molecule has 1 heterocycles. The van der Waals surface area contributed by atoms with E-state index in [2.05, 4.69) is 68.2 Å². The second-order valence-electron chi connectivity index (χ2n) is 9.80. The second kappa shape index (κ2) is 15.8. The lowest BCUT2D eigenvalue weighted by Gasteiger charge is -2.44. The first-order chi connectivity index (χ1) is 16.2. The van der Waals surface area contributed by atoms with Crippen molar-refractivity contribution in [1.82, 2.24) is 0 Å².